The molecule has 0 saturated carbocycles. The van der Waals surface area contributed by atoms with Gasteiger partial charge in [-0.2, -0.15) is 5.10 Å². The third-order valence-corrected chi connectivity index (χ3v) is 3.71. The summed E-state index contributed by atoms with van der Waals surface area (Å²) in [5, 5.41) is 4.65. The number of carbonyl (C=O) groups is 1. The lowest BCUT2D eigenvalue weighted by Crippen LogP contribution is -2.36. The Labute approximate surface area is 128 Å². The predicted molar refractivity (Wildman–Crippen MR) is 84.0 cm³/mol. The van der Waals surface area contributed by atoms with Crippen LogP contribution in [0, 0.1) is 0 Å². The molecule has 1 rings (SSSR count). The van der Waals surface area contributed by atoms with Gasteiger partial charge in [0.15, 0.2) is 0 Å². The Morgan fingerprint density at radius 1 is 1.33 bits per heavy atom. The van der Waals surface area contributed by atoms with Crippen molar-refractivity contribution in [1.29, 1.82) is 0 Å². The van der Waals surface area contributed by atoms with Crippen LogP contribution in [-0.4, -0.2) is 39.8 Å². The first-order valence-corrected chi connectivity index (χ1v) is 7.95. The van der Waals surface area contributed by atoms with Crippen LogP contribution in [0.2, 0.25) is 0 Å². The van der Waals surface area contributed by atoms with Crippen molar-refractivity contribution in [2.45, 2.75) is 66.1 Å². The second kappa shape index (κ2) is 8.82. The maximum absolute atomic E-state index is 11.7. The molecule has 0 aromatic carbocycles. The van der Waals surface area contributed by atoms with Gasteiger partial charge >= 0.3 is 5.97 Å². The van der Waals surface area contributed by atoms with Gasteiger partial charge in [-0.15, -0.1) is 0 Å². The molecular formula is C16H29N3O2. The van der Waals surface area contributed by atoms with Crippen molar-refractivity contribution in [3.8, 4) is 0 Å². The molecule has 0 radical (unpaired) electrons. The maximum Gasteiger partial charge on any atom is 0.320 e. The quantitative estimate of drug-likeness (QED) is 0.657. The van der Waals surface area contributed by atoms with Crippen LogP contribution >= 0.6 is 0 Å². The van der Waals surface area contributed by atoms with E-state index in [0.29, 0.717) is 25.7 Å². The molecule has 120 valence electrons. The monoisotopic (exact) mass is 295 g/mol. The normalized spacial score (nSPS) is 11.6. The molecule has 0 aliphatic carbocycles. The molecule has 0 amide bonds. The summed E-state index contributed by atoms with van der Waals surface area (Å²) in [5.41, 5.74) is 1.000. The van der Waals surface area contributed by atoms with Crippen LogP contribution in [0.5, 0.6) is 0 Å². The van der Waals surface area contributed by atoms with Gasteiger partial charge in [-0.3, -0.25) is 14.4 Å². The number of esters is 1. The van der Waals surface area contributed by atoms with Gasteiger partial charge in [0, 0.05) is 18.8 Å². The van der Waals surface area contributed by atoms with E-state index in [-0.39, 0.29) is 12.0 Å². The summed E-state index contributed by atoms with van der Waals surface area (Å²) in [7, 11) is 0. The fourth-order valence-corrected chi connectivity index (χ4v) is 2.33. The van der Waals surface area contributed by atoms with Crippen molar-refractivity contribution in [2.75, 3.05) is 13.2 Å². The van der Waals surface area contributed by atoms with Crippen LogP contribution in [0.25, 0.3) is 0 Å². The highest BCUT2D eigenvalue weighted by Crippen LogP contribution is 2.15. The molecule has 0 bridgehead atoms. The van der Waals surface area contributed by atoms with Crippen molar-refractivity contribution in [3.05, 3.63) is 18.0 Å². The average molecular weight is 295 g/mol. The Hall–Kier alpha value is -1.36. The Morgan fingerprint density at radius 2 is 2.00 bits per heavy atom. The van der Waals surface area contributed by atoms with Gasteiger partial charge in [0.2, 0.25) is 0 Å². The molecule has 0 aliphatic heterocycles. The Balaban J connectivity index is 2.69. The lowest BCUT2D eigenvalue weighted by Gasteiger charge is -2.24. The summed E-state index contributed by atoms with van der Waals surface area (Å²) >= 11 is 0. The van der Waals surface area contributed by atoms with Crippen molar-refractivity contribution in [3.63, 3.8) is 0 Å². The Kier molecular flexibility index (Phi) is 7.43. The molecule has 5 heteroatoms. The number of hydrogen-bond acceptors (Lipinski definition) is 4. The largest absolute Gasteiger partial charge is 0.465 e. The van der Waals surface area contributed by atoms with E-state index in [0.717, 1.165) is 18.5 Å². The zero-order valence-electron chi connectivity index (χ0n) is 14.0. The number of carbonyl (C=O) groups excluding carboxylic acids is 1. The molecule has 21 heavy (non-hydrogen) atoms. The topological polar surface area (TPSA) is 47.4 Å². The molecule has 0 atom stereocenters. The predicted octanol–water partition coefficient (Wildman–Crippen LogP) is 3.02. The molecule has 0 N–H and O–H groups in total. The summed E-state index contributed by atoms with van der Waals surface area (Å²) in [4.78, 5) is 13.7. The van der Waals surface area contributed by atoms with E-state index in [1.54, 1.807) is 0 Å². The minimum absolute atomic E-state index is 0.175. The van der Waals surface area contributed by atoms with E-state index in [2.05, 4.69) is 37.7 Å². The van der Waals surface area contributed by atoms with Crippen LogP contribution in [0.3, 0.4) is 0 Å². The van der Waals surface area contributed by atoms with Gasteiger partial charge < -0.3 is 4.74 Å². The van der Waals surface area contributed by atoms with E-state index in [1.165, 1.54) is 0 Å². The van der Waals surface area contributed by atoms with E-state index in [9.17, 15) is 4.79 Å². The maximum atomic E-state index is 11.7. The third-order valence-electron chi connectivity index (χ3n) is 3.71. The number of hydrogen-bond donors (Lipinski definition) is 0. The van der Waals surface area contributed by atoms with Gasteiger partial charge in [0.05, 0.1) is 24.9 Å². The molecule has 1 aromatic heterocycles. The Bertz CT molecular complexity index is 425. The smallest absolute Gasteiger partial charge is 0.320 e. The second-order valence-electron chi connectivity index (χ2n) is 5.56. The zero-order valence-corrected chi connectivity index (χ0v) is 14.0. The highest BCUT2D eigenvalue weighted by Gasteiger charge is 2.17. The molecule has 0 fully saturated rings. The van der Waals surface area contributed by atoms with E-state index >= 15 is 0 Å². The SMILES string of the molecule is CCOC(=O)CN(Cc1ccn(C(CC)CC)n1)C(C)C. The minimum atomic E-state index is -0.175. The van der Waals surface area contributed by atoms with Crippen LogP contribution in [0.15, 0.2) is 12.3 Å². The fourth-order valence-electron chi connectivity index (χ4n) is 2.33. The number of aromatic nitrogens is 2. The summed E-state index contributed by atoms with van der Waals surface area (Å²) in [6.45, 7) is 11.7. The summed E-state index contributed by atoms with van der Waals surface area (Å²) in [5.74, 6) is -0.175. The van der Waals surface area contributed by atoms with Crippen molar-refractivity contribution in [1.82, 2.24) is 14.7 Å². The standard InChI is InChI=1S/C16H29N3O2/c1-6-15(7-2)19-10-9-14(17-19)11-18(13(4)5)12-16(20)21-8-3/h9-10,13,15H,6-8,11-12H2,1-5H3. The van der Waals surface area contributed by atoms with E-state index in [4.69, 9.17) is 4.74 Å². The second-order valence-corrected chi connectivity index (χ2v) is 5.56. The summed E-state index contributed by atoms with van der Waals surface area (Å²) in [6.07, 6.45) is 4.19. The highest BCUT2D eigenvalue weighted by molar-refractivity contribution is 5.71. The molecule has 0 saturated heterocycles. The van der Waals surface area contributed by atoms with Crippen LogP contribution in [0.4, 0.5) is 0 Å². The van der Waals surface area contributed by atoms with Crippen LogP contribution in [-0.2, 0) is 16.1 Å². The van der Waals surface area contributed by atoms with E-state index < -0.39 is 0 Å². The molecule has 1 heterocycles. The molecular weight excluding hydrogens is 266 g/mol. The molecule has 0 aliphatic rings. The van der Waals surface area contributed by atoms with E-state index in [1.807, 2.05) is 23.9 Å². The highest BCUT2D eigenvalue weighted by atomic mass is 16.5. The first-order valence-electron chi connectivity index (χ1n) is 7.95. The fraction of sp³-hybridized carbons (Fsp3) is 0.750. The van der Waals surface area contributed by atoms with Gasteiger partial charge in [0.25, 0.3) is 0 Å². The minimum Gasteiger partial charge on any atom is -0.465 e. The average Bonchev–Trinajstić information content (AvgIpc) is 2.88. The van der Waals surface area contributed by atoms with Gasteiger partial charge in [0.1, 0.15) is 0 Å². The molecule has 5 nitrogen and oxygen atoms in total. The van der Waals surface area contributed by atoms with Crippen LogP contribution in [0.1, 0.15) is 59.2 Å². The number of ether oxygens (including phenoxy) is 1. The number of nitrogens with zero attached hydrogens (tertiary/aromatic N) is 3. The summed E-state index contributed by atoms with van der Waals surface area (Å²) in [6, 6.07) is 2.77. The lowest BCUT2D eigenvalue weighted by atomic mass is 10.2. The van der Waals surface area contributed by atoms with Crippen molar-refractivity contribution >= 4 is 5.97 Å². The number of rotatable bonds is 9. The first kappa shape index (κ1) is 17.7. The van der Waals surface area contributed by atoms with Gasteiger partial charge in [-0.05, 0) is 39.7 Å². The molecule has 0 spiro atoms. The third kappa shape index (κ3) is 5.50. The van der Waals surface area contributed by atoms with Crippen molar-refractivity contribution < 1.29 is 9.53 Å². The van der Waals surface area contributed by atoms with Crippen molar-refractivity contribution in [2.24, 2.45) is 0 Å². The first-order chi connectivity index (χ1) is 10.0. The zero-order chi connectivity index (χ0) is 15.8. The van der Waals surface area contributed by atoms with Crippen LogP contribution < -0.4 is 0 Å². The van der Waals surface area contributed by atoms with Gasteiger partial charge in [-0.25, -0.2) is 0 Å². The summed E-state index contributed by atoms with van der Waals surface area (Å²) < 4.78 is 7.07. The lowest BCUT2D eigenvalue weighted by molar-refractivity contribution is -0.145. The molecule has 1 aromatic rings. The molecule has 0 unspecified atom stereocenters. The Morgan fingerprint density at radius 3 is 2.52 bits per heavy atom. The van der Waals surface area contributed by atoms with Gasteiger partial charge in [-0.1, -0.05) is 13.8 Å².